The molecular formula is C19H24ClN5OS. The molecule has 0 unspecified atom stereocenters. The van der Waals surface area contributed by atoms with Crippen LogP contribution in [0.1, 0.15) is 28.7 Å². The summed E-state index contributed by atoms with van der Waals surface area (Å²) in [5, 5.41) is 5.81. The van der Waals surface area contributed by atoms with E-state index in [0.29, 0.717) is 22.4 Å². The average molecular weight is 406 g/mol. The minimum atomic E-state index is -0.130. The average Bonchev–Trinajstić information content (AvgIpc) is 3.22. The first kappa shape index (κ1) is 19.8. The number of aromatic nitrogens is 3. The molecule has 1 amide bonds. The standard InChI is InChI=1S/C19H24ClN5OS/c1-6-25-12(2)11-15(22-25)18(26)24(10-9-23(4)5)19-21-17-13(3)14(20)7-8-16(17)27-19/h7-8,11H,6,9-10H2,1-5H3. The maximum Gasteiger partial charge on any atom is 0.280 e. The zero-order valence-corrected chi connectivity index (χ0v) is 17.9. The Morgan fingerprint density at radius 2 is 2.00 bits per heavy atom. The van der Waals surface area contributed by atoms with E-state index in [4.69, 9.17) is 16.6 Å². The first-order valence-corrected chi connectivity index (χ1v) is 10.1. The molecule has 0 bridgehead atoms. The molecule has 0 aliphatic rings. The number of aryl methyl sites for hydroxylation is 3. The Balaban J connectivity index is 2.02. The maximum absolute atomic E-state index is 13.2. The second-order valence-electron chi connectivity index (χ2n) is 6.76. The van der Waals surface area contributed by atoms with Gasteiger partial charge in [0.25, 0.3) is 5.91 Å². The summed E-state index contributed by atoms with van der Waals surface area (Å²) in [4.78, 5) is 21.7. The molecule has 2 aromatic heterocycles. The van der Waals surface area contributed by atoms with Gasteiger partial charge in [0.2, 0.25) is 0 Å². The number of likely N-dealkylation sites (N-methyl/N-ethyl adjacent to an activating group) is 1. The second-order valence-corrected chi connectivity index (χ2v) is 8.18. The molecule has 3 rings (SSSR count). The number of carbonyl (C=O) groups excluding carboxylic acids is 1. The van der Waals surface area contributed by atoms with E-state index in [0.717, 1.165) is 34.6 Å². The van der Waals surface area contributed by atoms with Crippen LogP contribution in [0, 0.1) is 13.8 Å². The Morgan fingerprint density at radius 1 is 1.26 bits per heavy atom. The van der Waals surface area contributed by atoms with Gasteiger partial charge in [0.15, 0.2) is 10.8 Å². The lowest BCUT2D eigenvalue weighted by Gasteiger charge is -2.21. The van der Waals surface area contributed by atoms with Gasteiger partial charge in [-0.15, -0.1) is 0 Å². The molecule has 27 heavy (non-hydrogen) atoms. The first-order chi connectivity index (χ1) is 12.8. The number of hydrogen-bond donors (Lipinski definition) is 0. The molecular weight excluding hydrogens is 382 g/mol. The molecule has 1 aromatic carbocycles. The summed E-state index contributed by atoms with van der Waals surface area (Å²) >= 11 is 7.74. The Labute approximate surface area is 168 Å². The van der Waals surface area contributed by atoms with Gasteiger partial charge in [-0.25, -0.2) is 4.98 Å². The highest BCUT2D eigenvalue weighted by Crippen LogP contribution is 2.34. The summed E-state index contributed by atoms with van der Waals surface area (Å²) < 4.78 is 2.85. The van der Waals surface area contributed by atoms with Gasteiger partial charge in [-0.1, -0.05) is 22.9 Å². The maximum atomic E-state index is 13.2. The Hall–Kier alpha value is -1.96. The van der Waals surface area contributed by atoms with Gasteiger partial charge in [0.1, 0.15) is 0 Å². The number of fused-ring (bicyclic) bond motifs is 1. The summed E-state index contributed by atoms with van der Waals surface area (Å²) in [7, 11) is 3.97. The van der Waals surface area contributed by atoms with E-state index >= 15 is 0 Å². The Kier molecular flexibility index (Phi) is 5.83. The van der Waals surface area contributed by atoms with Crippen molar-refractivity contribution in [3.63, 3.8) is 0 Å². The molecule has 8 heteroatoms. The van der Waals surface area contributed by atoms with Crippen LogP contribution < -0.4 is 4.90 Å². The molecule has 144 valence electrons. The normalized spacial score (nSPS) is 11.5. The van der Waals surface area contributed by atoms with E-state index in [9.17, 15) is 4.79 Å². The molecule has 0 N–H and O–H groups in total. The summed E-state index contributed by atoms with van der Waals surface area (Å²) in [5.41, 5.74) is 3.20. The SMILES string of the molecule is CCn1nc(C(=O)N(CCN(C)C)c2nc3c(C)c(Cl)ccc3s2)cc1C. The monoisotopic (exact) mass is 405 g/mol. The fourth-order valence-electron chi connectivity index (χ4n) is 2.86. The minimum absolute atomic E-state index is 0.130. The van der Waals surface area contributed by atoms with Crippen LogP contribution in [-0.2, 0) is 6.54 Å². The third-order valence-corrected chi connectivity index (χ3v) is 5.94. The summed E-state index contributed by atoms with van der Waals surface area (Å²) in [6, 6.07) is 5.67. The molecule has 0 saturated heterocycles. The van der Waals surface area contributed by atoms with Crippen LogP contribution in [0.15, 0.2) is 18.2 Å². The lowest BCUT2D eigenvalue weighted by Crippen LogP contribution is -2.37. The van der Waals surface area contributed by atoms with Crippen LogP contribution in [0.4, 0.5) is 5.13 Å². The van der Waals surface area contributed by atoms with Crippen molar-refractivity contribution >= 4 is 44.2 Å². The number of nitrogens with zero attached hydrogens (tertiary/aromatic N) is 5. The van der Waals surface area contributed by atoms with E-state index < -0.39 is 0 Å². The van der Waals surface area contributed by atoms with Crippen molar-refractivity contribution in [2.24, 2.45) is 0 Å². The van der Waals surface area contributed by atoms with Gasteiger partial charge in [0, 0.05) is 30.4 Å². The highest BCUT2D eigenvalue weighted by Gasteiger charge is 2.24. The zero-order valence-electron chi connectivity index (χ0n) is 16.3. The Bertz CT molecular complexity index is 978. The molecule has 6 nitrogen and oxygen atoms in total. The first-order valence-electron chi connectivity index (χ1n) is 8.88. The lowest BCUT2D eigenvalue weighted by atomic mass is 10.2. The van der Waals surface area contributed by atoms with Crippen molar-refractivity contribution in [2.75, 3.05) is 32.1 Å². The fourth-order valence-corrected chi connectivity index (χ4v) is 4.06. The van der Waals surface area contributed by atoms with Crippen molar-refractivity contribution in [2.45, 2.75) is 27.3 Å². The molecule has 2 heterocycles. The number of halogens is 1. The van der Waals surface area contributed by atoms with Crippen LogP contribution in [0.25, 0.3) is 10.2 Å². The van der Waals surface area contributed by atoms with Gasteiger partial charge in [-0.3, -0.25) is 14.4 Å². The highest BCUT2D eigenvalue weighted by molar-refractivity contribution is 7.22. The highest BCUT2D eigenvalue weighted by atomic mass is 35.5. The number of thiazole rings is 1. The number of carbonyl (C=O) groups is 1. The minimum Gasteiger partial charge on any atom is -0.308 e. The molecule has 0 atom stereocenters. The zero-order chi connectivity index (χ0) is 19.7. The van der Waals surface area contributed by atoms with E-state index in [-0.39, 0.29) is 5.91 Å². The lowest BCUT2D eigenvalue weighted by molar-refractivity contribution is 0.0979. The van der Waals surface area contributed by atoms with E-state index in [1.807, 2.05) is 62.6 Å². The fraction of sp³-hybridized carbons (Fsp3) is 0.421. The third kappa shape index (κ3) is 4.00. The molecule has 0 aliphatic carbocycles. The van der Waals surface area contributed by atoms with Crippen LogP contribution in [0.2, 0.25) is 5.02 Å². The van der Waals surface area contributed by atoms with Crippen molar-refractivity contribution < 1.29 is 4.79 Å². The van der Waals surface area contributed by atoms with E-state index in [1.54, 1.807) is 4.90 Å². The second kappa shape index (κ2) is 7.96. The van der Waals surface area contributed by atoms with E-state index in [1.165, 1.54) is 11.3 Å². The number of hydrogen-bond acceptors (Lipinski definition) is 5. The van der Waals surface area contributed by atoms with Crippen molar-refractivity contribution in [1.29, 1.82) is 0 Å². The topological polar surface area (TPSA) is 54.3 Å². The quantitative estimate of drug-likeness (QED) is 0.622. The van der Waals surface area contributed by atoms with Crippen LogP contribution in [0.5, 0.6) is 0 Å². The van der Waals surface area contributed by atoms with Crippen molar-refractivity contribution in [3.05, 3.63) is 40.2 Å². The van der Waals surface area contributed by atoms with Gasteiger partial charge in [-0.05, 0) is 58.6 Å². The van der Waals surface area contributed by atoms with Crippen molar-refractivity contribution in [3.8, 4) is 0 Å². The van der Waals surface area contributed by atoms with Crippen LogP contribution >= 0.6 is 22.9 Å². The van der Waals surface area contributed by atoms with Crippen LogP contribution in [0.3, 0.4) is 0 Å². The molecule has 0 fully saturated rings. The number of rotatable bonds is 6. The molecule has 0 spiro atoms. The largest absolute Gasteiger partial charge is 0.308 e. The smallest absolute Gasteiger partial charge is 0.280 e. The number of anilines is 1. The van der Waals surface area contributed by atoms with Gasteiger partial charge < -0.3 is 4.90 Å². The number of amides is 1. The van der Waals surface area contributed by atoms with Crippen LogP contribution in [-0.4, -0.2) is 52.8 Å². The van der Waals surface area contributed by atoms with Crippen molar-refractivity contribution in [1.82, 2.24) is 19.7 Å². The summed E-state index contributed by atoms with van der Waals surface area (Å²) in [5.74, 6) is -0.130. The number of benzene rings is 1. The predicted octanol–water partition coefficient (Wildman–Crippen LogP) is 3.99. The van der Waals surface area contributed by atoms with Gasteiger partial charge >= 0.3 is 0 Å². The predicted molar refractivity (Wildman–Crippen MR) is 112 cm³/mol. The van der Waals surface area contributed by atoms with Gasteiger partial charge in [-0.2, -0.15) is 5.10 Å². The summed E-state index contributed by atoms with van der Waals surface area (Å²) in [6.45, 7) is 7.92. The molecule has 0 aliphatic heterocycles. The van der Waals surface area contributed by atoms with E-state index in [2.05, 4.69) is 5.10 Å². The third-order valence-electron chi connectivity index (χ3n) is 4.48. The summed E-state index contributed by atoms with van der Waals surface area (Å²) in [6.07, 6.45) is 0. The molecule has 3 aromatic rings. The van der Waals surface area contributed by atoms with Gasteiger partial charge in [0.05, 0.1) is 10.2 Å². The molecule has 0 radical (unpaired) electrons. The Morgan fingerprint density at radius 3 is 2.63 bits per heavy atom. The molecule has 0 saturated carbocycles.